The minimum atomic E-state index is -5.34. The molecule has 0 saturated carbocycles. The summed E-state index contributed by atoms with van der Waals surface area (Å²) in [6, 6.07) is 2.13. The van der Waals surface area contributed by atoms with Gasteiger partial charge in [-0.05, 0) is 36.4 Å². The Morgan fingerprint density at radius 1 is 0.593 bits per heavy atom. The summed E-state index contributed by atoms with van der Waals surface area (Å²) in [6.07, 6.45) is -31.8. The van der Waals surface area contributed by atoms with Crippen LogP contribution in [0.4, 0.5) is 65.9 Å². The molecule has 298 valence electrons. The molecule has 2 aromatic carbocycles. The van der Waals surface area contributed by atoms with Crippen LogP contribution < -0.4 is 24.3 Å². The Labute approximate surface area is 287 Å². The van der Waals surface area contributed by atoms with E-state index in [1.54, 1.807) is 0 Å². The number of fused-ring (bicyclic) bond motifs is 2. The maximum Gasteiger partial charge on any atom is 0.573 e. The average molecular weight is 811 g/mol. The molecule has 2 aliphatic rings. The molecule has 0 aliphatic carbocycles. The SMILES string of the molecule is O=C(O)C(F)(F)F.O=C(O)C1=Cc2cc(OC(F)(F)F)cc(CNCc3cc(OC(F)(F)F)cc4c3OC(C(F)(F)F)C(C(=O)O)=C4)c2OC1C(F)(F)F. The fourth-order valence-corrected chi connectivity index (χ4v) is 4.53. The molecule has 2 aliphatic heterocycles. The normalized spacial score (nSPS) is 17.2. The maximum atomic E-state index is 13.6. The van der Waals surface area contributed by atoms with Crippen molar-refractivity contribution in [1.82, 2.24) is 5.32 Å². The number of carboxylic acids is 3. The predicted octanol–water partition coefficient (Wildman–Crippen LogP) is 6.99. The second kappa shape index (κ2) is 15.1. The summed E-state index contributed by atoms with van der Waals surface area (Å²) in [6.45, 7) is -1.62. The fourth-order valence-electron chi connectivity index (χ4n) is 4.53. The van der Waals surface area contributed by atoms with Gasteiger partial charge in [0.15, 0.2) is 0 Å². The molecular formula is C28H16F15NO10. The van der Waals surface area contributed by atoms with E-state index < -0.39 is 131 Å². The van der Waals surface area contributed by atoms with Gasteiger partial charge >= 0.3 is 49.2 Å². The van der Waals surface area contributed by atoms with Crippen LogP contribution in [0.3, 0.4) is 0 Å². The minimum Gasteiger partial charge on any atom is -0.478 e. The summed E-state index contributed by atoms with van der Waals surface area (Å²) in [5.41, 5.74) is -5.10. The van der Waals surface area contributed by atoms with Crippen molar-refractivity contribution in [2.24, 2.45) is 0 Å². The van der Waals surface area contributed by atoms with E-state index in [4.69, 9.17) is 19.4 Å². The van der Waals surface area contributed by atoms with E-state index in [0.717, 1.165) is 0 Å². The lowest BCUT2D eigenvalue weighted by atomic mass is 9.97. The van der Waals surface area contributed by atoms with Crippen LogP contribution in [0.2, 0.25) is 0 Å². The van der Waals surface area contributed by atoms with Crippen molar-refractivity contribution in [3.8, 4) is 23.0 Å². The third-order valence-corrected chi connectivity index (χ3v) is 6.42. The van der Waals surface area contributed by atoms with E-state index in [9.17, 15) is 85.7 Å². The molecule has 0 radical (unpaired) electrons. The minimum absolute atomic E-state index is 0.387. The van der Waals surface area contributed by atoms with Crippen LogP contribution in [0, 0.1) is 0 Å². The summed E-state index contributed by atoms with van der Waals surface area (Å²) in [5.74, 6) is -10.7. The highest BCUT2D eigenvalue weighted by atomic mass is 19.4. The number of hydrogen-bond acceptors (Lipinski definition) is 8. The predicted molar refractivity (Wildman–Crippen MR) is 143 cm³/mol. The number of benzene rings is 2. The summed E-state index contributed by atoms with van der Waals surface area (Å²) in [5, 5.41) is 28.0. The Balaban J connectivity index is 0.00000102. The molecular weight excluding hydrogens is 795 g/mol. The quantitative estimate of drug-likeness (QED) is 0.204. The van der Waals surface area contributed by atoms with Gasteiger partial charge in [0.25, 0.3) is 0 Å². The standard InChI is InChI=1S/C26H15F12NO8.C2HF3O2/c27-23(28,29)19-15(21(40)41)5-9-1-13(46-25(33,34)35)3-11(17(9)44-19)7-39-8-12-4-14(47-26(36,37)38)2-10-6-16(22(42)43)20(24(30,31)32)45-18(10)12;3-2(4,5)1(6)7/h1-6,19-20,39H,7-8H2,(H,40,41)(H,42,43);(H,6,7). The molecule has 4 N–H and O–H groups in total. The van der Waals surface area contributed by atoms with Gasteiger partial charge in [-0.15, -0.1) is 26.3 Å². The van der Waals surface area contributed by atoms with Crippen LogP contribution in [0.25, 0.3) is 12.2 Å². The van der Waals surface area contributed by atoms with Crippen molar-refractivity contribution < 1.29 is 115 Å². The lowest BCUT2D eigenvalue weighted by molar-refractivity contribution is -0.275. The Hall–Kier alpha value is -5.56. The van der Waals surface area contributed by atoms with Crippen LogP contribution in [0.15, 0.2) is 35.4 Å². The van der Waals surface area contributed by atoms with Crippen LogP contribution in [0.5, 0.6) is 23.0 Å². The first-order valence-corrected chi connectivity index (χ1v) is 13.6. The molecule has 2 unspecified atom stereocenters. The van der Waals surface area contributed by atoms with Gasteiger partial charge in [0.1, 0.15) is 23.0 Å². The van der Waals surface area contributed by atoms with Crippen LogP contribution >= 0.6 is 0 Å². The van der Waals surface area contributed by atoms with Gasteiger partial charge in [-0.1, -0.05) is 0 Å². The molecule has 0 fully saturated rings. The largest absolute Gasteiger partial charge is 0.573 e. The van der Waals surface area contributed by atoms with E-state index in [0.29, 0.717) is 36.4 Å². The lowest BCUT2D eigenvalue weighted by Gasteiger charge is -2.30. The number of nitrogens with one attached hydrogen (secondary N) is 1. The van der Waals surface area contributed by atoms with Gasteiger partial charge in [-0.25, -0.2) is 14.4 Å². The van der Waals surface area contributed by atoms with E-state index in [-0.39, 0.29) is 0 Å². The molecule has 54 heavy (non-hydrogen) atoms. The van der Waals surface area contributed by atoms with Crippen molar-refractivity contribution >= 4 is 30.1 Å². The zero-order valence-electron chi connectivity index (χ0n) is 25.4. The third kappa shape index (κ3) is 11.2. The molecule has 0 saturated heterocycles. The van der Waals surface area contributed by atoms with E-state index in [1.807, 2.05) is 0 Å². The van der Waals surface area contributed by atoms with Crippen LogP contribution in [-0.2, 0) is 27.5 Å². The Morgan fingerprint density at radius 2 is 0.907 bits per heavy atom. The Bertz CT molecular complexity index is 1720. The summed E-state index contributed by atoms with van der Waals surface area (Å²) < 4.78 is 208. The van der Waals surface area contributed by atoms with Gasteiger partial charge in [0, 0.05) is 35.3 Å². The zero-order chi connectivity index (χ0) is 41.4. The highest BCUT2D eigenvalue weighted by molar-refractivity contribution is 5.96. The monoisotopic (exact) mass is 811 g/mol. The molecule has 4 rings (SSSR count). The molecule has 0 spiro atoms. The molecule has 2 atom stereocenters. The molecule has 2 heterocycles. The van der Waals surface area contributed by atoms with Gasteiger partial charge in [0.2, 0.25) is 12.2 Å². The van der Waals surface area contributed by atoms with Gasteiger partial charge in [0.05, 0.1) is 11.1 Å². The number of aliphatic carboxylic acids is 3. The lowest BCUT2D eigenvalue weighted by Crippen LogP contribution is -2.40. The molecule has 2 aromatic rings. The molecule has 0 aromatic heterocycles. The second-order valence-corrected chi connectivity index (χ2v) is 10.4. The van der Waals surface area contributed by atoms with Crippen LogP contribution in [-0.4, -0.2) is 76.7 Å². The van der Waals surface area contributed by atoms with E-state index in [1.165, 1.54) is 0 Å². The smallest absolute Gasteiger partial charge is 0.478 e. The van der Waals surface area contributed by atoms with E-state index >= 15 is 0 Å². The molecule has 0 amide bonds. The number of rotatable bonds is 8. The topological polar surface area (TPSA) is 161 Å². The van der Waals surface area contributed by atoms with Crippen molar-refractivity contribution in [2.45, 2.75) is 56.6 Å². The summed E-state index contributed by atoms with van der Waals surface area (Å²) >= 11 is 0. The maximum absolute atomic E-state index is 13.6. The number of ether oxygens (including phenoxy) is 4. The number of hydrogen-bond donors (Lipinski definition) is 4. The first-order chi connectivity index (χ1) is 24.4. The average Bonchev–Trinajstić information content (AvgIpc) is 2.96. The Morgan fingerprint density at radius 3 is 1.15 bits per heavy atom. The van der Waals surface area contributed by atoms with Crippen molar-refractivity contribution in [1.29, 1.82) is 0 Å². The van der Waals surface area contributed by atoms with E-state index in [2.05, 4.69) is 14.8 Å². The van der Waals surface area contributed by atoms with Crippen LogP contribution in [0.1, 0.15) is 22.3 Å². The van der Waals surface area contributed by atoms with Gasteiger partial charge in [-0.2, -0.15) is 39.5 Å². The fraction of sp³-hybridized carbons (Fsp3) is 0.321. The second-order valence-electron chi connectivity index (χ2n) is 10.4. The highest BCUT2D eigenvalue weighted by Gasteiger charge is 2.50. The number of alkyl halides is 15. The summed E-state index contributed by atoms with van der Waals surface area (Å²) in [7, 11) is 0. The van der Waals surface area contributed by atoms with Gasteiger partial charge < -0.3 is 39.6 Å². The highest BCUT2D eigenvalue weighted by Crippen LogP contribution is 2.44. The third-order valence-electron chi connectivity index (χ3n) is 6.42. The van der Waals surface area contributed by atoms with Crippen molar-refractivity contribution in [2.75, 3.05) is 0 Å². The number of halogens is 15. The first kappa shape index (κ1) is 42.8. The summed E-state index contributed by atoms with van der Waals surface area (Å²) in [4.78, 5) is 31.8. The number of carboxylic acid groups (broad SMARTS) is 3. The molecule has 0 bridgehead atoms. The van der Waals surface area contributed by atoms with Gasteiger partial charge in [-0.3, -0.25) is 0 Å². The molecule has 26 heteroatoms. The van der Waals surface area contributed by atoms with Crippen molar-refractivity contribution in [3.63, 3.8) is 0 Å². The van der Waals surface area contributed by atoms with Crippen molar-refractivity contribution in [3.05, 3.63) is 57.7 Å². The zero-order valence-corrected chi connectivity index (χ0v) is 25.4. The molecule has 11 nitrogen and oxygen atoms in total. The number of carbonyl (C=O) groups is 3. The Kier molecular flexibility index (Phi) is 11.9. The first-order valence-electron chi connectivity index (χ1n) is 13.6.